The van der Waals surface area contributed by atoms with Gasteiger partial charge in [-0.25, -0.2) is 4.79 Å². The molecule has 0 bridgehead atoms. The Bertz CT molecular complexity index is 1140. The van der Waals surface area contributed by atoms with Gasteiger partial charge in [0.05, 0.1) is 34.7 Å². The molecule has 1 fully saturated rings. The van der Waals surface area contributed by atoms with Gasteiger partial charge in [-0.1, -0.05) is 19.9 Å². The number of hydrogen-bond donors (Lipinski definition) is 1. The molecule has 0 saturated carbocycles. The van der Waals surface area contributed by atoms with Gasteiger partial charge in [-0.05, 0) is 55.7 Å². The zero-order valence-electron chi connectivity index (χ0n) is 20.8. The molecule has 2 aliphatic heterocycles. The maximum atomic E-state index is 13.1. The minimum atomic E-state index is -4.54. The fraction of sp³-hybridized carbons (Fsp3) is 0.577. The minimum Gasteiger partial charge on any atom is -0.462 e. The molecule has 10 heteroatoms. The van der Waals surface area contributed by atoms with E-state index in [-0.39, 0.29) is 29.4 Å². The lowest BCUT2D eigenvalue weighted by atomic mass is 9.76. The normalized spacial score (nSPS) is 18.3. The van der Waals surface area contributed by atoms with Crippen LogP contribution in [-0.2, 0) is 35.0 Å². The van der Waals surface area contributed by atoms with E-state index in [4.69, 9.17) is 14.6 Å². The summed E-state index contributed by atoms with van der Waals surface area (Å²) in [5.41, 5.74) is 1.59. The summed E-state index contributed by atoms with van der Waals surface area (Å²) in [6.07, 6.45) is -1.53. The van der Waals surface area contributed by atoms with Gasteiger partial charge in [-0.3, -0.25) is 9.48 Å². The van der Waals surface area contributed by atoms with Gasteiger partial charge in [0.2, 0.25) is 0 Å². The van der Waals surface area contributed by atoms with Crippen LogP contribution < -0.4 is 5.32 Å². The van der Waals surface area contributed by atoms with Crippen molar-refractivity contribution >= 4 is 11.9 Å². The molecule has 4 rings (SSSR count). The van der Waals surface area contributed by atoms with Gasteiger partial charge in [-0.2, -0.15) is 18.3 Å². The van der Waals surface area contributed by atoms with Crippen LogP contribution in [0.15, 0.2) is 18.2 Å². The van der Waals surface area contributed by atoms with Crippen LogP contribution in [0.3, 0.4) is 0 Å². The quantitative estimate of drug-likeness (QED) is 0.588. The first-order valence-corrected chi connectivity index (χ1v) is 12.3. The highest BCUT2D eigenvalue weighted by Crippen LogP contribution is 2.37. The Morgan fingerprint density at radius 2 is 2.03 bits per heavy atom. The van der Waals surface area contributed by atoms with Crippen molar-refractivity contribution in [3.05, 3.63) is 51.8 Å². The van der Waals surface area contributed by atoms with E-state index in [1.807, 2.05) is 18.5 Å². The van der Waals surface area contributed by atoms with E-state index in [2.05, 4.69) is 5.32 Å². The Balaban J connectivity index is 1.49. The molecule has 2 aliphatic rings. The van der Waals surface area contributed by atoms with Gasteiger partial charge < -0.3 is 14.8 Å². The fourth-order valence-electron chi connectivity index (χ4n) is 4.99. The Morgan fingerprint density at radius 1 is 1.31 bits per heavy atom. The number of benzene rings is 1. The molecule has 196 valence electrons. The zero-order valence-corrected chi connectivity index (χ0v) is 20.8. The molecule has 1 spiro atoms. The second-order valence-electron chi connectivity index (χ2n) is 10.0. The Kier molecular flexibility index (Phi) is 7.45. The van der Waals surface area contributed by atoms with Crippen molar-refractivity contribution in [2.24, 2.45) is 11.3 Å². The number of nitrogens with zero attached hydrogens (tertiary/aromatic N) is 2. The van der Waals surface area contributed by atoms with E-state index in [0.717, 1.165) is 36.4 Å². The summed E-state index contributed by atoms with van der Waals surface area (Å²) >= 11 is 0. The molecule has 0 radical (unpaired) electrons. The van der Waals surface area contributed by atoms with Gasteiger partial charge >= 0.3 is 12.1 Å². The number of rotatable bonds is 6. The number of fused-ring (bicyclic) bond motifs is 1. The summed E-state index contributed by atoms with van der Waals surface area (Å²) in [4.78, 5) is 25.6. The van der Waals surface area contributed by atoms with Gasteiger partial charge in [0, 0.05) is 32.2 Å². The number of hydrogen-bond acceptors (Lipinski definition) is 5. The minimum absolute atomic E-state index is 0.00971. The smallest absolute Gasteiger partial charge is 0.416 e. The predicted octanol–water partition coefficient (Wildman–Crippen LogP) is 4.35. The third-order valence-electron chi connectivity index (χ3n) is 7.18. The van der Waals surface area contributed by atoms with E-state index in [9.17, 15) is 22.8 Å². The highest BCUT2D eigenvalue weighted by molar-refractivity contribution is 5.97. The summed E-state index contributed by atoms with van der Waals surface area (Å²) in [6.45, 7) is 7.74. The molecule has 2 aromatic rings. The number of aryl methyl sites for hydroxylation is 2. The van der Waals surface area contributed by atoms with Crippen molar-refractivity contribution in [1.82, 2.24) is 15.1 Å². The summed E-state index contributed by atoms with van der Waals surface area (Å²) in [6, 6.07) is 3.05. The molecular formula is C26H32F3N3O4. The van der Waals surface area contributed by atoms with Crippen molar-refractivity contribution in [2.75, 3.05) is 26.4 Å². The Hall–Kier alpha value is -2.88. The first-order valence-electron chi connectivity index (χ1n) is 12.3. The van der Waals surface area contributed by atoms with Gasteiger partial charge in [0.1, 0.15) is 0 Å². The second kappa shape index (κ2) is 10.2. The fourth-order valence-corrected chi connectivity index (χ4v) is 4.99. The van der Waals surface area contributed by atoms with Crippen LogP contribution in [0.2, 0.25) is 0 Å². The molecule has 1 amide bonds. The average molecular weight is 508 g/mol. The third kappa shape index (κ3) is 5.43. The molecular weight excluding hydrogens is 475 g/mol. The number of aromatic nitrogens is 2. The first-order chi connectivity index (χ1) is 17.0. The lowest BCUT2D eigenvalue weighted by Gasteiger charge is -2.36. The SMILES string of the molecule is CCc1nn(C[C@@H](C)COC(=O)c2cc(C(F)(F)F)ccc2C)c2c1C(=O)NCC1(CCOCC1)C2. The monoisotopic (exact) mass is 507 g/mol. The maximum Gasteiger partial charge on any atom is 0.416 e. The highest BCUT2D eigenvalue weighted by Gasteiger charge is 2.40. The summed E-state index contributed by atoms with van der Waals surface area (Å²) in [7, 11) is 0. The van der Waals surface area contributed by atoms with Crippen LogP contribution in [0.25, 0.3) is 0 Å². The van der Waals surface area contributed by atoms with Crippen molar-refractivity contribution in [3.63, 3.8) is 0 Å². The number of alkyl halides is 3. The largest absolute Gasteiger partial charge is 0.462 e. The molecule has 1 saturated heterocycles. The van der Waals surface area contributed by atoms with Gasteiger partial charge in [0.15, 0.2) is 0 Å². The van der Waals surface area contributed by atoms with Crippen molar-refractivity contribution < 1.29 is 32.2 Å². The number of ether oxygens (including phenoxy) is 2. The van der Waals surface area contributed by atoms with Crippen molar-refractivity contribution in [2.45, 2.75) is 59.2 Å². The first kappa shape index (κ1) is 26.2. The second-order valence-corrected chi connectivity index (χ2v) is 10.0. The molecule has 1 aromatic carbocycles. The van der Waals surface area contributed by atoms with E-state index < -0.39 is 17.7 Å². The molecule has 1 aromatic heterocycles. The molecule has 0 aliphatic carbocycles. The van der Waals surface area contributed by atoms with E-state index >= 15 is 0 Å². The summed E-state index contributed by atoms with van der Waals surface area (Å²) < 4.78 is 52.0. The number of esters is 1. The number of halogens is 3. The van der Waals surface area contributed by atoms with Gasteiger partial charge in [-0.15, -0.1) is 0 Å². The third-order valence-corrected chi connectivity index (χ3v) is 7.18. The summed E-state index contributed by atoms with van der Waals surface area (Å²) in [5, 5.41) is 7.80. The molecule has 1 atom stereocenters. The molecule has 0 unspecified atom stereocenters. The van der Waals surface area contributed by atoms with Crippen molar-refractivity contribution in [3.8, 4) is 0 Å². The van der Waals surface area contributed by atoms with E-state index in [0.29, 0.717) is 50.3 Å². The van der Waals surface area contributed by atoms with Crippen LogP contribution in [0, 0.1) is 18.3 Å². The lowest BCUT2D eigenvalue weighted by molar-refractivity contribution is -0.137. The van der Waals surface area contributed by atoms with Crippen LogP contribution in [0.5, 0.6) is 0 Å². The molecule has 3 heterocycles. The van der Waals surface area contributed by atoms with Crippen LogP contribution in [0.4, 0.5) is 13.2 Å². The van der Waals surface area contributed by atoms with Crippen molar-refractivity contribution in [1.29, 1.82) is 0 Å². The summed E-state index contributed by atoms with van der Waals surface area (Å²) in [5.74, 6) is -1.08. The number of carbonyl (C=O) groups is 2. The van der Waals surface area contributed by atoms with Crippen LogP contribution >= 0.6 is 0 Å². The Morgan fingerprint density at radius 3 is 2.69 bits per heavy atom. The lowest BCUT2D eigenvalue weighted by Crippen LogP contribution is -2.41. The predicted molar refractivity (Wildman–Crippen MR) is 126 cm³/mol. The average Bonchev–Trinajstić information content (AvgIpc) is 3.10. The van der Waals surface area contributed by atoms with Crippen LogP contribution in [0.1, 0.15) is 69.9 Å². The Labute approximate surface area is 208 Å². The van der Waals surface area contributed by atoms with E-state index in [1.165, 1.54) is 6.07 Å². The molecule has 36 heavy (non-hydrogen) atoms. The number of carbonyl (C=O) groups excluding carboxylic acids is 2. The highest BCUT2D eigenvalue weighted by atomic mass is 19.4. The number of nitrogens with one attached hydrogen (secondary N) is 1. The van der Waals surface area contributed by atoms with Crippen LogP contribution in [-0.4, -0.2) is 48.0 Å². The van der Waals surface area contributed by atoms with Gasteiger partial charge in [0.25, 0.3) is 5.91 Å². The zero-order chi connectivity index (χ0) is 26.1. The molecule has 1 N–H and O–H groups in total. The topological polar surface area (TPSA) is 82.5 Å². The standard InChI is InChI=1S/C26H32F3N3O4/c1-4-20-22-21(12-25(15-30-23(22)33)7-9-35-10-8-25)32(31-20)13-16(2)14-36-24(34)19-11-18(26(27,28)29)6-5-17(19)3/h5-6,11,16H,4,7-10,12-15H2,1-3H3,(H,30,33)/t16-/m1/s1. The van der Waals surface area contributed by atoms with E-state index in [1.54, 1.807) is 6.92 Å². The molecule has 7 nitrogen and oxygen atoms in total. The number of amides is 1. The maximum absolute atomic E-state index is 13.1.